The zero-order valence-electron chi connectivity index (χ0n) is 10.6. The van der Waals surface area contributed by atoms with Gasteiger partial charge in [0.1, 0.15) is 0 Å². The summed E-state index contributed by atoms with van der Waals surface area (Å²) in [6.45, 7) is 3.48. The fourth-order valence-electron chi connectivity index (χ4n) is 1.58. The molecule has 0 aliphatic heterocycles. The number of aliphatic carboxylic acids is 1. The molecule has 0 atom stereocenters. The highest BCUT2D eigenvalue weighted by molar-refractivity contribution is 5.82. The largest absolute Gasteiger partial charge is 0.481 e. The van der Waals surface area contributed by atoms with E-state index in [-0.39, 0.29) is 18.9 Å². The van der Waals surface area contributed by atoms with Crippen molar-refractivity contribution in [3.63, 3.8) is 0 Å². The van der Waals surface area contributed by atoms with Gasteiger partial charge in [-0.15, -0.1) is 0 Å². The van der Waals surface area contributed by atoms with Crippen LogP contribution in [0.15, 0.2) is 30.3 Å². The normalized spacial score (nSPS) is 10.8. The number of amides is 1. The van der Waals surface area contributed by atoms with Crippen molar-refractivity contribution in [3.8, 4) is 0 Å². The second-order valence-corrected chi connectivity index (χ2v) is 4.72. The molecule has 0 saturated heterocycles. The Kier molecular flexibility index (Phi) is 4.71. The molecular formula is C13H18N2O3. The van der Waals surface area contributed by atoms with Crippen LogP contribution in [-0.2, 0) is 9.59 Å². The molecule has 0 aromatic heterocycles. The van der Waals surface area contributed by atoms with Gasteiger partial charge in [0.25, 0.3) is 0 Å². The lowest BCUT2D eigenvalue weighted by Gasteiger charge is -2.24. The number of carboxylic acid groups (broad SMARTS) is 1. The van der Waals surface area contributed by atoms with Crippen molar-refractivity contribution in [2.45, 2.75) is 25.8 Å². The van der Waals surface area contributed by atoms with Gasteiger partial charge in [-0.2, -0.15) is 0 Å². The van der Waals surface area contributed by atoms with Crippen LogP contribution >= 0.6 is 0 Å². The first kappa shape index (κ1) is 14.0. The third-order valence-corrected chi connectivity index (χ3v) is 2.30. The van der Waals surface area contributed by atoms with E-state index in [0.717, 1.165) is 5.69 Å². The number of nitrogens with one attached hydrogen (secondary N) is 2. The zero-order valence-corrected chi connectivity index (χ0v) is 10.6. The number of carboxylic acids is 1. The fourth-order valence-corrected chi connectivity index (χ4v) is 1.58. The van der Waals surface area contributed by atoms with E-state index in [2.05, 4.69) is 10.6 Å². The Morgan fingerprint density at radius 1 is 1.22 bits per heavy atom. The summed E-state index contributed by atoms with van der Waals surface area (Å²) in [7, 11) is 0. The van der Waals surface area contributed by atoms with Gasteiger partial charge in [-0.3, -0.25) is 9.59 Å². The van der Waals surface area contributed by atoms with Crippen LogP contribution < -0.4 is 10.6 Å². The maximum Gasteiger partial charge on any atom is 0.305 e. The van der Waals surface area contributed by atoms with Gasteiger partial charge in [-0.1, -0.05) is 18.2 Å². The van der Waals surface area contributed by atoms with E-state index in [0.29, 0.717) is 0 Å². The van der Waals surface area contributed by atoms with E-state index in [1.807, 2.05) is 30.3 Å². The molecule has 0 radical (unpaired) electrons. The predicted molar refractivity (Wildman–Crippen MR) is 69.4 cm³/mol. The Labute approximate surface area is 106 Å². The summed E-state index contributed by atoms with van der Waals surface area (Å²) >= 11 is 0. The Morgan fingerprint density at radius 3 is 2.39 bits per heavy atom. The molecule has 1 rings (SSSR count). The van der Waals surface area contributed by atoms with E-state index < -0.39 is 11.5 Å². The number of anilines is 1. The summed E-state index contributed by atoms with van der Waals surface area (Å²) in [5.74, 6) is -1.17. The Bertz CT molecular complexity index is 416. The highest BCUT2D eigenvalue weighted by Gasteiger charge is 2.23. The third kappa shape index (κ3) is 5.34. The van der Waals surface area contributed by atoms with Crippen LogP contribution in [0.2, 0.25) is 0 Å². The molecule has 98 valence electrons. The van der Waals surface area contributed by atoms with Gasteiger partial charge in [-0.25, -0.2) is 0 Å². The van der Waals surface area contributed by atoms with Crippen LogP contribution in [0.3, 0.4) is 0 Å². The van der Waals surface area contributed by atoms with Crippen LogP contribution in [0, 0.1) is 0 Å². The van der Waals surface area contributed by atoms with E-state index in [9.17, 15) is 9.59 Å². The minimum Gasteiger partial charge on any atom is -0.481 e. The topological polar surface area (TPSA) is 78.4 Å². The van der Waals surface area contributed by atoms with Gasteiger partial charge < -0.3 is 15.7 Å². The third-order valence-electron chi connectivity index (χ3n) is 2.30. The van der Waals surface area contributed by atoms with Crippen molar-refractivity contribution >= 4 is 17.6 Å². The summed E-state index contributed by atoms with van der Waals surface area (Å²) in [5.41, 5.74) is 0.102. The number of para-hydroxylation sites is 1. The first-order valence-electron chi connectivity index (χ1n) is 5.71. The van der Waals surface area contributed by atoms with Crippen molar-refractivity contribution in [2.75, 3.05) is 11.9 Å². The number of hydrogen-bond acceptors (Lipinski definition) is 3. The lowest BCUT2D eigenvalue weighted by Crippen LogP contribution is -2.47. The monoisotopic (exact) mass is 250 g/mol. The molecule has 5 heteroatoms. The van der Waals surface area contributed by atoms with Crippen LogP contribution in [0.5, 0.6) is 0 Å². The summed E-state index contributed by atoms with van der Waals surface area (Å²) in [5, 5.41) is 14.3. The molecule has 0 spiro atoms. The van der Waals surface area contributed by atoms with Crippen molar-refractivity contribution < 1.29 is 14.7 Å². The van der Waals surface area contributed by atoms with Crippen LogP contribution in [0.4, 0.5) is 5.69 Å². The smallest absolute Gasteiger partial charge is 0.305 e. The average Bonchev–Trinajstić information content (AvgIpc) is 2.25. The summed E-state index contributed by atoms with van der Waals surface area (Å²) in [6, 6.07) is 9.34. The molecule has 0 aliphatic rings. The minimum atomic E-state index is -0.934. The molecule has 0 fully saturated rings. The molecule has 0 heterocycles. The average molecular weight is 250 g/mol. The molecule has 18 heavy (non-hydrogen) atoms. The molecule has 0 unspecified atom stereocenters. The second kappa shape index (κ2) is 6.05. The molecule has 3 N–H and O–H groups in total. The highest BCUT2D eigenvalue weighted by Crippen LogP contribution is 2.08. The van der Waals surface area contributed by atoms with Crippen molar-refractivity contribution in [1.82, 2.24) is 5.32 Å². The van der Waals surface area contributed by atoms with Gasteiger partial charge in [0, 0.05) is 11.2 Å². The van der Waals surface area contributed by atoms with E-state index >= 15 is 0 Å². The van der Waals surface area contributed by atoms with E-state index in [1.165, 1.54) is 0 Å². The van der Waals surface area contributed by atoms with E-state index in [4.69, 9.17) is 5.11 Å². The first-order chi connectivity index (χ1) is 8.39. The van der Waals surface area contributed by atoms with Gasteiger partial charge in [0.2, 0.25) is 5.91 Å². The molecule has 0 aliphatic carbocycles. The van der Waals surface area contributed by atoms with Crippen LogP contribution in [-0.4, -0.2) is 29.1 Å². The molecule has 1 amide bonds. The number of carbonyl (C=O) groups excluding carboxylic acids is 1. The highest BCUT2D eigenvalue weighted by atomic mass is 16.4. The fraction of sp³-hybridized carbons (Fsp3) is 0.385. The van der Waals surface area contributed by atoms with Crippen molar-refractivity contribution in [1.29, 1.82) is 0 Å². The van der Waals surface area contributed by atoms with Crippen molar-refractivity contribution in [2.24, 2.45) is 0 Å². The first-order valence-corrected chi connectivity index (χ1v) is 5.71. The lowest BCUT2D eigenvalue weighted by molar-refractivity contribution is -0.138. The maximum absolute atomic E-state index is 11.6. The summed E-state index contributed by atoms with van der Waals surface area (Å²) in [6.07, 6.45) is -0.107. The standard InChI is InChI=1S/C13H18N2O3/c1-13(2,8-12(17)18)15-11(16)9-14-10-6-4-3-5-7-10/h3-7,14H,8-9H2,1-2H3,(H,15,16)(H,17,18). The number of rotatable bonds is 6. The zero-order chi connectivity index (χ0) is 13.6. The Morgan fingerprint density at radius 2 is 1.83 bits per heavy atom. The summed E-state index contributed by atoms with van der Waals surface area (Å²) < 4.78 is 0. The SMILES string of the molecule is CC(C)(CC(=O)O)NC(=O)CNc1ccccc1. The molecule has 1 aromatic carbocycles. The molecule has 5 nitrogen and oxygen atoms in total. The lowest BCUT2D eigenvalue weighted by atomic mass is 10.0. The van der Waals surface area contributed by atoms with Crippen molar-refractivity contribution in [3.05, 3.63) is 30.3 Å². The van der Waals surface area contributed by atoms with Gasteiger partial charge in [-0.05, 0) is 26.0 Å². The molecular weight excluding hydrogens is 232 g/mol. The molecule has 1 aromatic rings. The second-order valence-electron chi connectivity index (χ2n) is 4.72. The quantitative estimate of drug-likeness (QED) is 0.714. The van der Waals surface area contributed by atoms with Gasteiger partial charge in [0.15, 0.2) is 0 Å². The number of benzene rings is 1. The Hall–Kier alpha value is -2.04. The maximum atomic E-state index is 11.6. The minimum absolute atomic E-state index is 0.107. The van der Waals surface area contributed by atoms with Gasteiger partial charge >= 0.3 is 5.97 Å². The molecule has 0 bridgehead atoms. The number of carbonyl (C=O) groups is 2. The predicted octanol–water partition coefficient (Wildman–Crippen LogP) is 1.47. The van der Waals surface area contributed by atoms with Crippen LogP contribution in [0.1, 0.15) is 20.3 Å². The summed E-state index contributed by atoms with van der Waals surface area (Å²) in [4.78, 5) is 22.3. The van der Waals surface area contributed by atoms with Crippen LogP contribution in [0.25, 0.3) is 0 Å². The van der Waals surface area contributed by atoms with E-state index in [1.54, 1.807) is 13.8 Å². The number of hydrogen-bond donors (Lipinski definition) is 3. The Balaban J connectivity index is 2.40. The molecule has 0 saturated carbocycles. The van der Waals surface area contributed by atoms with Gasteiger partial charge in [0.05, 0.1) is 13.0 Å².